The third kappa shape index (κ3) is 4.95. The van der Waals surface area contributed by atoms with E-state index in [9.17, 15) is 0 Å². The van der Waals surface area contributed by atoms with Gasteiger partial charge in [-0.25, -0.2) is 15.0 Å². The minimum atomic E-state index is 0.629. The maximum absolute atomic E-state index is 5.01. The SMILES string of the molecule is c1ccc(-c2cnc3c(c2)c2ccccc2c2cc(-c4ccc(-c5nc(-c6ccccc6)nc(-c6ccccc6)n5)cc4)cnc23)cc1. The van der Waals surface area contributed by atoms with Crippen LogP contribution in [0.5, 0.6) is 0 Å². The molecule has 6 aromatic carbocycles. The highest BCUT2D eigenvalue weighted by Crippen LogP contribution is 2.37. The molecule has 0 atom stereocenters. The van der Waals surface area contributed by atoms with E-state index in [1.807, 2.05) is 79.1 Å². The van der Waals surface area contributed by atoms with E-state index in [0.717, 1.165) is 71.5 Å². The first-order valence-corrected chi connectivity index (χ1v) is 15.9. The summed E-state index contributed by atoms with van der Waals surface area (Å²) in [5.74, 6) is 1.92. The molecule has 0 amide bonds. The molecule has 48 heavy (non-hydrogen) atoms. The number of aromatic nitrogens is 5. The Bertz CT molecular complexity index is 2510. The lowest BCUT2D eigenvalue weighted by molar-refractivity contribution is 1.07. The van der Waals surface area contributed by atoms with Crippen LogP contribution >= 0.6 is 0 Å². The highest BCUT2D eigenvalue weighted by molar-refractivity contribution is 6.23. The number of benzene rings is 6. The van der Waals surface area contributed by atoms with Crippen molar-refractivity contribution in [2.24, 2.45) is 0 Å². The van der Waals surface area contributed by atoms with Crippen molar-refractivity contribution in [3.8, 4) is 56.4 Å². The summed E-state index contributed by atoms with van der Waals surface area (Å²) >= 11 is 0. The molecule has 3 heterocycles. The van der Waals surface area contributed by atoms with Gasteiger partial charge >= 0.3 is 0 Å². The lowest BCUT2D eigenvalue weighted by Gasteiger charge is -2.12. The Morgan fingerprint density at radius 3 is 1.04 bits per heavy atom. The van der Waals surface area contributed by atoms with Crippen LogP contribution in [0.3, 0.4) is 0 Å². The van der Waals surface area contributed by atoms with Gasteiger partial charge in [0.2, 0.25) is 0 Å². The van der Waals surface area contributed by atoms with E-state index in [2.05, 4.69) is 84.9 Å². The summed E-state index contributed by atoms with van der Waals surface area (Å²) in [6.45, 7) is 0. The molecule has 3 aromatic heterocycles. The van der Waals surface area contributed by atoms with Crippen LogP contribution in [-0.4, -0.2) is 24.9 Å². The molecule has 5 heteroatoms. The summed E-state index contributed by atoms with van der Waals surface area (Å²) < 4.78 is 0. The van der Waals surface area contributed by atoms with Crippen molar-refractivity contribution in [2.75, 3.05) is 0 Å². The fourth-order valence-corrected chi connectivity index (χ4v) is 6.37. The van der Waals surface area contributed by atoms with Gasteiger partial charge in [-0.3, -0.25) is 9.97 Å². The molecule has 0 saturated heterocycles. The second-order valence-corrected chi connectivity index (χ2v) is 11.8. The molecule has 0 bridgehead atoms. The number of hydrogen-bond acceptors (Lipinski definition) is 5. The molecule has 224 valence electrons. The molecule has 0 unspecified atom stereocenters. The molecular weight excluding hydrogens is 587 g/mol. The first-order chi connectivity index (χ1) is 23.8. The van der Waals surface area contributed by atoms with Crippen molar-refractivity contribution >= 4 is 32.6 Å². The molecule has 0 N–H and O–H groups in total. The Morgan fingerprint density at radius 1 is 0.271 bits per heavy atom. The van der Waals surface area contributed by atoms with Crippen molar-refractivity contribution in [3.63, 3.8) is 0 Å². The predicted octanol–water partition coefficient (Wildman–Crippen LogP) is 10.5. The Morgan fingerprint density at radius 2 is 0.604 bits per heavy atom. The largest absolute Gasteiger partial charge is 0.253 e. The summed E-state index contributed by atoms with van der Waals surface area (Å²) in [4.78, 5) is 24.6. The molecule has 0 radical (unpaired) electrons. The van der Waals surface area contributed by atoms with Gasteiger partial charge in [-0.15, -0.1) is 0 Å². The quantitative estimate of drug-likeness (QED) is 0.181. The smallest absolute Gasteiger partial charge is 0.164 e. The van der Waals surface area contributed by atoms with Crippen LogP contribution in [0.15, 0.2) is 164 Å². The van der Waals surface area contributed by atoms with Gasteiger partial charge < -0.3 is 0 Å². The first kappa shape index (κ1) is 27.7. The Labute approximate surface area is 277 Å². The normalized spacial score (nSPS) is 11.3. The average Bonchev–Trinajstić information content (AvgIpc) is 3.18. The summed E-state index contributed by atoms with van der Waals surface area (Å²) in [6.07, 6.45) is 3.90. The fourth-order valence-electron chi connectivity index (χ4n) is 6.37. The first-order valence-electron chi connectivity index (χ1n) is 15.9. The van der Waals surface area contributed by atoms with Gasteiger partial charge in [0.1, 0.15) is 0 Å². The van der Waals surface area contributed by atoms with Crippen molar-refractivity contribution in [2.45, 2.75) is 0 Å². The molecule has 0 saturated carbocycles. The number of fused-ring (bicyclic) bond motifs is 6. The minimum Gasteiger partial charge on any atom is -0.253 e. The van der Waals surface area contributed by atoms with E-state index in [4.69, 9.17) is 24.9 Å². The van der Waals surface area contributed by atoms with Crippen LogP contribution in [0.25, 0.3) is 89.0 Å². The zero-order chi connectivity index (χ0) is 31.9. The zero-order valence-electron chi connectivity index (χ0n) is 25.8. The van der Waals surface area contributed by atoms with Gasteiger partial charge in [0.25, 0.3) is 0 Å². The van der Waals surface area contributed by atoms with E-state index in [0.29, 0.717) is 17.5 Å². The molecule has 9 rings (SSSR count). The number of rotatable bonds is 5. The van der Waals surface area contributed by atoms with Gasteiger partial charge in [0.15, 0.2) is 17.5 Å². The Hall–Kier alpha value is -6.59. The minimum absolute atomic E-state index is 0.629. The second-order valence-electron chi connectivity index (χ2n) is 11.8. The number of pyridine rings is 2. The summed E-state index contributed by atoms with van der Waals surface area (Å²) in [7, 11) is 0. The third-order valence-corrected chi connectivity index (χ3v) is 8.79. The summed E-state index contributed by atoms with van der Waals surface area (Å²) in [5, 5.41) is 4.51. The molecule has 5 nitrogen and oxygen atoms in total. The fraction of sp³-hybridized carbons (Fsp3) is 0. The Kier molecular flexibility index (Phi) is 6.72. The molecule has 0 fully saturated rings. The molecule has 0 aliphatic carbocycles. The third-order valence-electron chi connectivity index (χ3n) is 8.79. The predicted molar refractivity (Wildman–Crippen MR) is 195 cm³/mol. The zero-order valence-corrected chi connectivity index (χ0v) is 25.8. The highest BCUT2D eigenvalue weighted by atomic mass is 15.0. The maximum Gasteiger partial charge on any atom is 0.164 e. The van der Waals surface area contributed by atoms with Gasteiger partial charge in [-0.05, 0) is 34.0 Å². The molecular formula is C43H27N5. The topological polar surface area (TPSA) is 64.5 Å². The van der Waals surface area contributed by atoms with Crippen molar-refractivity contribution < 1.29 is 0 Å². The molecule has 9 aromatic rings. The Balaban J connectivity index is 1.13. The average molecular weight is 614 g/mol. The number of nitrogens with zero attached hydrogens (tertiary/aromatic N) is 5. The van der Waals surface area contributed by atoms with Crippen LogP contribution in [-0.2, 0) is 0 Å². The van der Waals surface area contributed by atoms with E-state index in [1.165, 1.54) is 0 Å². The van der Waals surface area contributed by atoms with Crippen LogP contribution < -0.4 is 0 Å². The van der Waals surface area contributed by atoms with Crippen molar-refractivity contribution in [1.82, 2.24) is 24.9 Å². The van der Waals surface area contributed by atoms with Crippen molar-refractivity contribution in [3.05, 3.63) is 164 Å². The lowest BCUT2D eigenvalue weighted by Crippen LogP contribution is -2.00. The van der Waals surface area contributed by atoms with E-state index in [-0.39, 0.29) is 0 Å². The van der Waals surface area contributed by atoms with E-state index >= 15 is 0 Å². The standard InChI is InChI=1S/C43H27N5/c1-4-12-28(13-5-1)33-24-37-35-18-10-11-19-36(35)38-25-34(27-45-40(38)39(37)44-26-33)29-20-22-32(23-21-29)43-47-41(30-14-6-2-7-15-30)46-42(48-43)31-16-8-3-9-17-31/h1-27H. The lowest BCUT2D eigenvalue weighted by atomic mass is 9.96. The van der Waals surface area contributed by atoms with Crippen LogP contribution in [0, 0.1) is 0 Å². The molecule has 0 aliphatic rings. The monoisotopic (exact) mass is 613 g/mol. The van der Waals surface area contributed by atoms with Gasteiger partial charge in [-0.2, -0.15) is 0 Å². The number of hydrogen-bond donors (Lipinski definition) is 0. The van der Waals surface area contributed by atoms with Crippen LogP contribution in [0.1, 0.15) is 0 Å². The van der Waals surface area contributed by atoms with E-state index in [1.54, 1.807) is 0 Å². The highest BCUT2D eigenvalue weighted by Gasteiger charge is 2.15. The molecule has 0 spiro atoms. The van der Waals surface area contributed by atoms with Crippen LogP contribution in [0.4, 0.5) is 0 Å². The summed E-state index contributed by atoms with van der Waals surface area (Å²) in [5.41, 5.74) is 8.95. The van der Waals surface area contributed by atoms with Gasteiger partial charge in [0, 0.05) is 51.0 Å². The molecule has 0 aliphatic heterocycles. The van der Waals surface area contributed by atoms with Crippen molar-refractivity contribution in [1.29, 1.82) is 0 Å². The second kappa shape index (κ2) is 11.6. The summed E-state index contributed by atoms with van der Waals surface area (Å²) in [6, 6.07) is 51.8. The van der Waals surface area contributed by atoms with E-state index < -0.39 is 0 Å². The van der Waals surface area contributed by atoms with Gasteiger partial charge in [-0.1, -0.05) is 140 Å². The maximum atomic E-state index is 5.01. The van der Waals surface area contributed by atoms with Crippen LogP contribution in [0.2, 0.25) is 0 Å². The van der Waals surface area contributed by atoms with Gasteiger partial charge in [0.05, 0.1) is 11.0 Å².